The summed E-state index contributed by atoms with van der Waals surface area (Å²) < 4.78 is 56.3. The van der Waals surface area contributed by atoms with E-state index in [0.29, 0.717) is 18.8 Å². The van der Waals surface area contributed by atoms with Crippen molar-refractivity contribution < 1.29 is 76.5 Å². The van der Waals surface area contributed by atoms with Gasteiger partial charge in [-0.2, -0.15) is 9.29 Å². The van der Waals surface area contributed by atoms with Gasteiger partial charge in [0.25, 0.3) is 0 Å². The van der Waals surface area contributed by atoms with E-state index in [1.807, 2.05) is 12.2 Å². The van der Waals surface area contributed by atoms with Gasteiger partial charge in [-0.15, -0.1) is 0 Å². The quantitative estimate of drug-likeness (QED) is 0.0159. The number of phosphoric ester groups is 2. The predicted octanol–water partition coefficient (Wildman–Crippen LogP) is 6.63. The van der Waals surface area contributed by atoms with Crippen molar-refractivity contribution in [2.24, 2.45) is 5.92 Å². The Morgan fingerprint density at radius 3 is 2.10 bits per heavy atom. The fourth-order valence-corrected chi connectivity index (χ4v) is 8.89. The summed E-state index contributed by atoms with van der Waals surface area (Å²) in [6, 6.07) is 1.23. The highest BCUT2D eigenvalue weighted by Gasteiger charge is 2.46. The number of carbonyl (C=O) groups excluding carboxylic acids is 2. The van der Waals surface area contributed by atoms with Gasteiger partial charge in [0.1, 0.15) is 30.7 Å². The number of anilines is 1. The van der Waals surface area contributed by atoms with Crippen molar-refractivity contribution in [2.75, 3.05) is 25.6 Å². The van der Waals surface area contributed by atoms with Crippen molar-refractivity contribution in [2.45, 2.75) is 186 Å². The van der Waals surface area contributed by atoms with E-state index in [9.17, 15) is 53.7 Å². The highest BCUT2D eigenvalue weighted by molar-refractivity contribution is 7.61. The number of esters is 2. The average Bonchev–Trinajstić information content (AvgIpc) is 3.54. The van der Waals surface area contributed by atoms with Gasteiger partial charge in [0.2, 0.25) is 0 Å². The maximum absolute atomic E-state index is 12.8. The Morgan fingerprint density at radius 1 is 0.806 bits per heavy atom. The van der Waals surface area contributed by atoms with Crippen molar-refractivity contribution in [3.05, 3.63) is 59.2 Å². The Balaban J connectivity index is 1.88. The number of nitrogen functional groups attached to an aromatic ring is 1. The van der Waals surface area contributed by atoms with Gasteiger partial charge in [0.05, 0.1) is 25.4 Å². The Bertz CT molecular complexity index is 1810. The van der Waals surface area contributed by atoms with Crippen LogP contribution in [0.15, 0.2) is 53.5 Å². The van der Waals surface area contributed by atoms with E-state index in [4.69, 9.17) is 29.0 Å². The number of allylic oxidation sites excluding steroid dienone is 5. The third kappa shape index (κ3) is 27.0. The van der Waals surface area contributed by atoms with Crippen molar-refractivity contribution >= 4 is 33.4 Å². The molecule has 2 heterocycles. The van der Waals surface area contributed by atoms with E-state index in [1.165, 1.54) is 38.2 Å². The topological polar surface area (TPSA) is 306 Å². The molecule has 384 valence electrons. The highest BCUT2D eigenvalue weighted by atomic mass is 31.3. The van der Waals surface area contributed by atoms with Crippen molar-refractivity contribution in [3.8, 4) is 0 Å². The molecule has 0 saturated carbocycles. The molecule has 0 spiro atoms. The van der Waals surface area contributed by atoms with E-state index in [-0.39, 0.29) is 37.9 Å². The van der Waals surface area contributed by atoms with Crippen LogP contribution in [0.2, 0.25) is 0 Å². The van der Waals surface area contributed by atoms with Crippen LogP contribution in [0.25, 0.3) is 0 Å². The minimum absolute atomic E-state index is 0.0121. The molecule has 4 unspecified atom stereocenters. The first-order chi connectivity index (χ1) is 31.8. The van der Waals surface area contributed by atoms with Crippen LogP contribution in [0.3, 0.4) is 0 Å². The third-order valence-corrected chi connectivity index (χ3v) is 13.2. The number of aromatic nitrogens is 2. The summed E-state index contributed by atoms with van der Waals surface area (Å²) in [7, 11) is -10.9. The first-order valence-electron chi connectivity index (χ1n) is 23.5. The van der Waals surface area contributed by atoms with Gasteiger partial charge in [-0.25, -0.2) is 13.9 Å². The zero-order valence-corrected chi connectivity index (χ0v) is 41.1. The molecule has 1 fully saturated rings. The second-order valence-electron chi connectivity index (χ2n) is 17.0. The molecule has 0 amide bonds. The summed E-state index contributed by atoms with van der Waals surface area (Å²) in [5.41, 5.74) is 4.55. The Kier molecular flexibility index (Phi) is 30.0. The molecule has 20 nitrogen and oxygen atoms in total. The molecule has 2 rings (SSSR count). The monoisotopic (exact) mass is 993 g/mol. The summed E-state index contributed by atoms with van der Waals surface area (Å²) in [6.07, 6.45) is 17.3. The molecule has 1 aliphatic heterocycles. The SMILES string of the molecule is CCCCC/C=C\C/C=C\C/C=C\CC(O)C(O)CCCC(=O)OC[C@H](COP(=O)(O)OP(=O)(O)OC[C@H]1O[C@@H](n2ccc(N)nc2=O)[C@H](O)[C@@H]1O)OC(=O)CCCCCCCCCC(C)C. The molecule has 8 N–H and O–H groups in total. The number of phosphoric acid groups is 2. The van der Waals surface area contributed by atoms with E-state index < -0.39 is 95.9 Å². The van der Waals surface area contributed by atoms with Crippen LogP contribution in [0, 0.1) is 5.92 Å². The molecule has 1 saturated heterocycles. The Labute approximate surface area is 394 Å². The van der Waals surface area contributed by atoms with E-state index in [2.05, 4.69) is 48.3 Å². The normalized spacial score (nSPS) is 20.9. The lowest BCUT2D eigenvalue weighted by Gasteiger charge is -2.21. The van der Waals surface area contributed by atoms with Gasteiger partial charge in [-0.05, 0) is 63.4 Å². The minimum atomic E-state index is -5.48. The second-order valence-corrected chi connectivity index (χ2v) is 20.1. The number of hydrogen-bond acceptors (Lipinski definition) is 17. The minimum Gasteiger partial charge on any atom is -0.462 e. The molecule has 0 aliphatic carbocycles. The standard InChI is InChI=1S/C45H77N3O17P2/c1-4-5-6-7-8-9-10-11-12-15-18-21-25-36(49)37(50)26-23-28-40(51)60-31-35(63-41(52)27-22-19-16-13-14-17-20-24-34(2)3)32-61-66(56,57)65-67(58,59)62-33-38-42(53)43(54)44(64-38)48-30-29-39(46)47-45(48)55/h8-9,11-12,18,21,29-30,34-38,42-44,49-50,53-54H,4-7,10,13-17,19-20,22-28,31-33H2,1-3H3,(H,56,57)(H,58,59)(H2,46,47,55)/b9-8-,12-11-,21-18-/t35-,36?,37?,38-,42-,43-,44-/m1/s1. The molecule has 0 radical (unpaired) electrons. The van der Waals surface area contributed by atoms with Gasteiger partial charge >= 0.3 is 33.3 Å². The number of carbonyl (C=O) groups is 2. The number of aliphatic hydroxyl groups is 4. The van der Waals surface area contributed by atoms with Crippen LogP contribution in [0.5, 0.6) is 0 Å². The van der Waals surface area contributed by atoms with E-state index >= 15 is 0 Å². The number of nitrogens with zero attached hydrogens (tertiary/aromatic N) is 2. The summed E-state index contributed by atoms with van der Waals surface area (Å²) >= 11 is 0. The Hall–Kier alpha value is -3.10. The zero-order valence-electron chi connectivity index (χ0n) is 39.3. The lowest BCUT2D eigenvalue weighted by molar-refractivity contribution is -0.161. The van der Waals surface area contributed by atoms with Crippen molar-refractivity contribution in [3.63, 3.8) is 0 Å². The fraction of sp³-hybridized carbons (Fsp3) is 0.733. The maximum atomic E-state index is 12.8. The first-order valence-corrected chi connectivity index (χ1v) is 26.5. The molecule has 9 atom stereocenters. The van der Waals surface area contributed by atoms with Gasteiger partial charge in [0.15, 0.2) is 12.3 Å². The Morgan fingerprint density at radius 2 is 1.43 bits per heavy atom. The van der Waals surface area contributed by atoms with Crippen LogP contribution in [-0.2, 0) is 46.3 Å². The number of aliphatic hydroxyl groups excluding tert-OH is 4. The number of rotatable bonds is 37. The van der Waals surface area contributed by atoms with Crippen molar-refractivity contribution in [1.82, 2.24) is 9.55 Å². The van der Waals surface area contributed by atoms with E-state index in [0.717, 1.165) is 55.7 Å². The molecule has 22 heteroatoms. The molecule has 0 aromatic carbocycles. The molecule has 1 aromatic heterocycles. The highest BCUT2D eigenvalue weighted by Crippen LogP contribution is 2.60. The summed E-state index contributed by atoms with van der Waals surface area (Å²) in [5.74, 6) is -0.935. The first kappa shape index (κ1) is 60.0. The predicted molar refractivity (Wildman–Crippen MR) is 250 cm³/mol. The summed E-state index contributed by atoms with van der Waals surface area (Å²) in [4.78, 5) is 61.7. The molecule has 1 aliphatic rings. The fourth-order valence-electron chi connectivity index (χ4n) is 6.78. The largest absolute Gasteiger partial charge is 0.481 e. The van der Waals surface area contributed by atoms with Crippen LogP contribution in [-0.4, -0.2) is 108 Å². The lowest BCUT2D eigenvalue weighted by atomic mass is 10.0. The number of unbranched alkanes of at least 4 members (excludes halogenated alkanes) is 9. The van der Waals surface area contributed by atoms with Gasteiger partial charge in [-0.3, -0.25) is 23.2 Å². The number of ether oxygens (including phenoxy) is 3. The van der Waals surface area contributed by atoms with Crippen LogP contribution in [0.4, 0.5) is 5.82 Å². The number of hydrogen-bond donors (Lipinski definition) is 7. The van der Waals surface area contributed by atoms with E-state index in [1.54, 1.807) is 6.08 Å². The lowest BCUT2D eigenvalue weighted by Crippen LogP contribution is -2.36. The summed E-state index contributed by atoms with van der Waals surface area (Å²) in [6.45, 7) is 4.01. The van der Waals surface area contributed by atoms with Crippen LogP contribution in [0.1, 0.15) is 149 Å². The van der Waals surface area contributed by atoms with Gasteiger partial charge in [0, 0.05) is 19.0 Å². The average molecular weight is 994 g/mol. The zero-order chi connectivity index (χ0) is 49.7. The molecule has 1 aromatic rings. The smallest absolute Gasteiger partial charge is 0.462 e. The van der Waals surface area contributed by atoms with Crippen LogP contribution >= 0.6 is 15.6 Å². The number of nitrogens with two attached hydrogens (primary N) is 1. The maximum Gasteiger partial charge on any atom is 0.481 e. The molecular formula is C45H77N3O17P2. The van der Waals surface area contributed by atoms with Gasteiger partial charge < -0.3 is 50.2 Å². The molecule has 67 heavy (non-hydrogen) atoms. The molecule has 0 bridgehead atoms. The summed E-state index contributed by atoms with van der Waals surface area (Å²) in [5, 5.41) is 41.6. The van der Waals surface area contributed by atoms with Crippen molar-refractivity contribution in [1.29, 1.82) is 0 Å². The van der Waals surface area contributed by atoms with Gasteiger partial charge in [-0.1, -0.05) is 115 Å². The van der Waals surface area contributed by atoms with Crippen LogP contribution < -0.4 is 11.4 Å². The third-order valence-electron chi connectivity index (χ3n) is 10.6. The molecular weight excluding hydrogens is 916 g/mol. The second kappa shape index (κ2) is 33.4.